The van der Waals surface area contributed by atoms with Crippen molar-refractivity contribution in [3.05, 3.63) is 50.8 Å². The summed E-state index contributed by atoms with van der Waals surface area (Å²) < 4.78 is 18.2. The highest BCUT2D eigenvalue weighted by Gasteiger charge is 2.41. The van der Waals surface area contributed by atoms with E-state index in [-0.39, 0.29) is 29.2 Å². The maximum absolute atomic E-state index is 13.0. The molecule has 8 heteroatoms. The lowest BCUT2D eigenvalue weighted by atomic mass is 9.90. The molecule has 4 rings (SSSR count). The number of ether oxygens (including phenoxy) is 3. The average Bonchev–Trinajstić information content (AvgIpc) is 2.95. The molecule has 34 heavy (non-hydrogen) atoms. The highest BCUT2D eigenvalue weighted by molar-refractivity contribution is 6.32. The molecule has 0 bridgehead atoms. The first kappa shape index (κ1) is 24.6. The lowest BCUT2D eigenvalue weighted by Gasteiger charge is -2.49. The molecular weight excluding hydrogens is 456 g/mol. The van der Waals surface area contributed by atoms with Crippen LogP contribution < -0.4 is 15.2 Å². The number of halogens is 1. The molecule has 0 spiro atoms. The second-order valence-corrected chi connectivity index (χ2v) is 9.89. The Kier molecular flexibility index (Phi) is 7.24. The zero-order chi connectivity index (χ0) is 24.5. The van der Waals surface area contributed by atoms with Crippen molar-refractivity contribution in [1.29, 1.82) is 0 Å². The van der Waals surface area contributed by atoms with Crippen LogP contribution >= 0.6 is 11.6 Å². The van der Waals surface area contributed by atoms with Crippen molar-refractivity contribution in [2.45, 2.75) is 64.5 Å². The Morgan fingerprint density at radius 2 is 2.00 bits per heavy atom. The van der Waals surface area contributed by atoms with E-state index >= 15 is 0 Å². The van der Waals surface area contributed by atoms with Crippen LogP contribution in [0, 0.1) is 0 Å². The Balaban J connectivity index is 1.88. The van der Waals surface area contributed by atoms with Crippen LogP contribution in [0.4, 0.5) is 0 Å². The number of aromatic nitrogens is 1. The van der Waals surface area contributed by atoms with E-state index in [0.717, 1.165) is 43.2 Å². The average molecular weight is 489 g/mol. The Bertz CT molecular complexity index is 1130. The van der Waals surface area contributed by atoms with E-state index in [9.17, 15) is 9.59 Å². The summed E-state index contributed by atoms with van der Waals surface area (Å²) in [4.78, 5) is 25.5. The Hall–Kier alpha value is -2.51. The fourth-order valence-electron chi connectivity index (χ4n) is 5.11. The van der Waals surface area contributed by atoms with Gasteiger partial charge in [-0.2, -0.15) is 0 Å². The van der Waals surface area contributed by atoms with Crippen LogP contribution in [0.25, 0.3) is 11.3 Å². The highest BCUT2D eigenvalue weighted by atomic mass is 35.5. The Morgan fingerprint density at radius 3 is 2.74 bits per heavy atom. The molecule has 7 nitrogen and oxygen atoms in total. The predicted octanol–water partition coefficient (Wildman–Crippen LogP) is 5.11. The minimum Gasteiger partial charge on any atom is -0.492 e. The molecule has 0 aliphatic carbocycles. The normalized spacial score (nSPS) is 18.4. The van der Waals surface area contributed by atoms with E-state index in [0.29, 0.717) is 29.7 Å². The lowest BCUT2D eigenvalue weighted by Crippen LogP contribution is -2.54. The van der Waals surface area contributed by atoms with Gasteiger partial charge < -0.3 is 14.2 Å². The summed E-state index contributed by atoms with van der Waals surface area (Å²) in [5, 5.41) is 2.80. The van der Waals surface area contributed by atoms with Crippen molar-refractivity contribution in [3.8, 4) is 17.0 Å². The highest BCUT2D eigenvalue weighted by Crippen LogP contribution is 2.47. The molecule has 1 fully saturated rings. The summed E-state index contributed by atoms with van der Waals surface area (Å²) in [5.41, 5.74) is 2.17. The number of nitrogens with zero attached hydrogens (tertiary/aromatic N) is 2. The van der Waals surface area contributed by atoms with Crippen LogP contribution in [0.3, 0.4) is 0 Å². The fraction of sp³-hybridized carbons (Fsp3) is 0.538. The molecule has 1 aromatic heterocycles. The zero-order valence-electron chi connectivity index (χ0n) is 20.4. The van der Waals surface area contributed by atoms with Crippen LogP contribution in [0.5, 0.6) is 5.75 Å². The number of carbonyl (C=O) groups excluding carboxylic acids is 1. The molecule has 1 aromatic carbocycles. The SMILES string of the molecule is CCOC(=O)c1cn2c(cc1=O)-c1cc(Cl)c(OCCCOC)cc1[C@@H]1CCCCC(C)(C)N12. The standard InChI is InChI=1S/C26H33ClN2O5/c1-5-33-25(31)19-16-28-22(15-23(19)30)17-13-20(27)24(34-12-8-11-32-4)14-18(17)21-9-6-7-10-26(2,3)29(21)28/h13-16,21H,5-12H2,1-4H3/t21-/m0/s1. The Labute approximate surface area is 205 Å². The lowest BCUT2D eigenvalue weighted by molar-refractivity contribution is 0.0523. The first-order chi connectivity index (χ1) is 16.3. The minimum absolute atomic E-state index is 0.0389. The van der Waals surface area contributed by atoms with Gasteiger partial charge in [-0.05, 0) is 51.3 Å². The van der Waals surface area contributed by atoms with Crippen LogP contribution in [0.2, 0.25) is 5.02 Å². The molecule has 0 amide bonds. The van der Waals surface area contributed by atoms with E-state index in [1.807, 2.05) is 16.8 Å². The van der Waals surface area contributed by atoms with Gasteiger partial charge >= 0.3 is 5.97 Å². The molecule has 0 N–H and O–H groups in total. The summed E-state index contributed by atoms with van der Waals surface area (Å²) in [5.74, 6) is 0.0353. The Morgan fingerprint density at radius 1 is 1.21 bits per heavy atom. The maximum Gasteiger partial charge on any atom is 0.343 e. The molecule has 0 saturated carbocycles. The third-order valence-corrected chi connectivity index (χ3v) is 6.98. The molecule has 2 aliphatic rings. The second-order valence-electron chi connectivity index (χ2n) is 9.48. The molecule has 1 atom stereocenters. The summed E-state index contributed by atoms with van der Waals surface area (Å²) in [6.45, 7) is 7.48. The first-order valence-corrected chi connectivity index (χ1v) is 12.3. The molecular formula is C26H33ClN2O5. The number of benzene rings is 1. The monoisotopic (exact) mass is 488 g/mol. The summed E-state index contributed by atoms with van der Waals surface area (Å²) in [6, 6.07) is 5.48. The summed E-state index contributed by atoms with van der Waals surface area (Å²) in [7, 11) is 1.67. The van der Waals surface area contributed by atoms with Crippen LogP contribution in [0.15, 0.2) is 29.2 Å². The quantitative estimate of drug-likeness (QED) is 0.398. The molecule has 184 valence electrons. The van der Waals surface area contributed by atoms with Gasteiger partial charge in [0.15, 0.2) is 5.43 Å². The third-order valence-electron chi connectivity index (χ3n) is 6.68. The van der Waals surface area contributed by atoms with Crippen LogP contribution in [-0.2, 0) is 9.47 Å². The first-order valence-electron chi connectivity index (χ1n) is 12.0. The second kappa shape index (κ2) is 10.0. The van der Waals surface area contributed by atoms with Crippen molar-refractivity contribution in [2.24, 2.45) is 0 Å². The van der Waals surface area contributed by atoms with Gasteiger partial charge in [0.1, 0.15) is 11.3 Å². The number of rotatable bonds is 7. The smallest absolute Gasteiger partial charge is 0.343 e. The van der Waals surface area contributed by atoms with E-state index in [1.165, 1.54) is 6.07 Å². The molecule has 0 unspecified atom stereocenters. The van der Waals surface area contributed by atoms with Gasteiger partial charge in [-0.25, -0.2) is 4.79 Å². The summed E-state index contributed by atoms with van der Waals surface area (Å²) >= 11 is 6.64. The van der Waals surface area contributed by atoms with E-state index in [1.54, 1.807) is 20.2 Å². The van der Waals surface area contributed by atoms with Gasteiger partial charge in [-0.15, -0.1) is 0 Å². The zero-order valence-corrected chi connectivity index (χ0v) is 21.1. The predicted molar refractivity (Wildman–Crippen MR) is 133 cm³/mol. The topological polar surface area (TPSA) is 70.0 Å². The van der Waals surface area contributed by atoms with Crippen molar-refractivity contribution in [2.75, 3.05) is 31.9 Å². The van der Waals surface area contributed by atoms with Crippen molar-refractivity contribution < 1.29 is 19.0 Å². The van der Waals surface area contributed by atoms with E-state index < -0.39 is 5.97 Å². The van der Waals surface area contributed by atoms with Crippen molar-refractivity contribution in [3.63, 3.8) is 0 Å². The van der Waals surface area contributed by atoms with Gasteiger partial charge in [0.25, 0.3) is 0 Å². The maximum atomic E-state index is 13.0. The molecule has 3 heterocycles. The van der Waals surface area contributed by atoms with Gasteiger partial charge in [-0.1, -0.05) is 24.4 Å². The van der Waals surface area contributed by atoms with Gasteiger partial charge in [0, 0.05) is 38.0 Å². The number of pyridine rings is 1. The van der Waals surface area contributed by atoms with Gasteiger partial charge in [0.05, 0.1) is 35.5 Å². The molecule has 2 aliphatic heterocycles. The number of carbonyl (C=O) groups is 1. The third kappa shape index (κ3) is 4.56. The molecule has 0 radical (unpaired) electrons. The van der Waals surface area contributed by atoms with Gasteiger partial charge in [-0.3, -0.25) is 14.5 Å². The minimum atomic E-state index is -0.601. The molecule has 1 saturated heterocycles. The largest absolute Gasteiger partial charge is 0.492 e. The van der Waals surface area contributed by atoms with E-state index in [4.69, 9.17) is 25.8 Å². The van der Waals surface area contributed by atoms with Crippen molar-refractivity contribution >= 4 is 17.6 Å². The van der Waals surface area contributed by atoms with Crippen molar-refractivity contribution in [1.82, 2.24) is 4.68 Å². The van der Waals surface area contributed by atoms with Crippen LogP contribution in [0.1, 0.15) is 74.8 Å². The van der Waals surface area contributed by atoms with E-state index in [2.05, 4.69) is 18.9 Å². The number of hydrogen-bond acceptors (Lipinski definition) is 6. The number of methoxy groups -OCH3 is 1. The number of fused-ring (bicyclic) bond motifs is 6. The molecule has 2 aromatic rings. The fourth-order valence-corrected chi connectivity index (χ4v) is 5.33. The van der Waals surface area contributed by atoms with Gasteiger partial charge in [0.2, 0.25) is 0 Å². The number of hydrogen-bond donors (Lipinski definition) is 0. The summed E-state index contributed by atoms with van der Waals surface area (Å²) in [6.07, 6.45) is 6.53. The number of esters is 1. The van der Waals surface area contributed by atoms with Crippen LogP contribution in [-0.4, -0.2) is 43.1 Å².